The number of nitrogens with zero attached hydrogens (tertiary/aromatic N) is 1. The van der Waals surface area contributed by atoms with Crippen LogP contribution < -0.4 is 5.32 Å². The molecule has 4 heteroatoms. The first kappa shape index (κ1) is 18.2. The van der Waals surface area contributed by atoms with Crippen LogP contribution in [0.4, 0.5) is 5.69 Å². The van der Waals surface area contributed by atoms with Crippen LogP contribution in [0.3, 0.4) is 0 Å². The molecule has 0 aliphatic rings. The summed E-state index contributed by atoms with van der Waals surface area (Å²) in [5.74, 6) is -0.0329. The van der Waals surface area contributed by atoms with Gasteiger partial charge in [-0.15, -0.1) is 0 Å². The van der Waals surface area contributed by atoms with E-state index in [0.717, 1.165) is 23.2 Å². The summed E-state index contributed by atoms with van der Waals surface area (Å²) in [5.41, 5.74) is 4.20. The number of hydrogen-bond acceptors (Lipinski definition) is 2. The van der Waals surface area contributed by atoms with E-state index < -0.39 is 0 Å². The third kappa shape index (κ3) is 4.86. The van der Waals surface area contributed by atoms with Crippen LogP contribution in [0.25, 0.3) is 0 Å². The van der Waals surface area contributed by atoms with Gasteiger partial charge in [-0.3, -0.25) is 9.59 Å². The molecule has 0 bridgehead atoms. The quantitative estimate of drug-likeness (QED) is 0.873. The van der Waals surface area contributed by atoms with E-state index in [2.05, 4.69) is 17.4 Å². The van der Waals surface area contributed by atoms with Crippen molar-refractivity contribution in [2.24, 2.45) is 0 Å². The van der Waals surface area contributed by atoms with Crippen LogP contribution >= 0.6 is 0 Å². The van der Waals surface area contributed by atoms with Crippen molar-refractivity contribution in [1.82, 2.24) is 4.90 Å². The Balaban J connectivity index is 2.69. The largest absolute Gasteiger partial charge is 0.340 e. The van der Waals surface area contributed by atoms with Crippen molar-refractivity contribution in [3.8, 4) is 0 Å². The van der Waals surface area contributed by atoms with Crippen LogP contribution in [0.5, 0.6) is 0 Å². The van der Waals surface area contributed by atoms with Gasteiger partial charge in [0.2, 0.25) is 11.8 Å². The predicted molar refractivity (Wildman–Crippen MR) is 91.0 cm³/mol. The third-order valence-electron chi connectivity index (χ3n) is 4.05. The Kier molecular flexibility index (Phi) is 6.60. The van der Waals surface area contributed by atoms with Gasteiger partial charge in [0.25, 0.3) is 0 Å². The number of amides is 2. The first-order chi connectivity index (χ1) is 10.3. The summed E-state index contributed by atoms with van der Waals surface area (Å²) < 4.78 is 0. The summed E-state index contributed by atoms with van der Waals surface area (Å²) >= 11 is 0. The zero-order valence-electron chi connectivity index (χ0n) is 14.6. The molecular formula is C18H28N2O2. The minimum Gasteiger partial charge on any atom is -0.340 e. The topological polar surface area (TPSA) is 49.4 Å². The number of nitrogens with one attached hydrogen (secondary N) is 1. The van der Waals surface area contributed by atoms with Crippen LogP contribution in [0.1, 0.15) is 50.3 Å². The molecule has 122 valence electrons. The van der Waals surface area contributed by atoms with Crippen LogP contribution in [0.2, 0.25) is 0 Å². The molecule has 0 saturated heterocycles. The number of rotatable bonds is 6. The number of hydrogen-bond donors (Lipinski definition) is 1. The average Bonchev–Trinajstić information content (AvgIpc) is 2.42. The molecule has 1 aromatic rings. The van der Waals surface area contributed by atoms with Gasteiger partial charge >= 0.3 is 0 Å². The number of carbonyl (C=O) groups is 2. The van der Waals surface area contributed by atoms with Gasteiger partial charge < -0.3 is 10.2 Å². The van der Waals surface area contributed by atoms with Crippen LogP contribution in [0, 0.1) is 20.8 Å². The first-order valence-corrected chi connectivity index (χ1v) is 7.91. The molecule has 1 aromatic carbocycles. The van der Waals surface area contributed by atoms with E-state index in [1.54, 1.807) is 11.8 Å². The molecule has 0 heterocycles. The maximum atomic E-state index is 12.2. The van der Waals surface area contributed by atoms with Crippen molar-refractivity contribution in [2.45, 2.75) is 60.4 Å². The molecule has 1 atom stereocenters. The van der Waals surface area contributed by atoms with Gasteiger partial charge in [0.05, 0.1) is 0 Å². The second-order valence-electron chi connectivity index (χ2n) is 6.04. The van der Waals surface area contributed by atoms with E-state index in [1.807, 2.05) is 34.6 Å². The summed E-state index contributed by atoms with van der Waals surface area (Å²) in [4.78, 5) is 25.6. The highest BCUT2D eigenvalue weighted by Crippen LogP contribution is 2.22. The fourth-order valence-electron chi connectivity index (χ4n) is 2.71. The lowest BCUT2D eigenvalue weighted by molar-refractivity contribution is -0.131. The molecule has 0 aliphatic carbocycles. The Bertz CT molecular complexity index is 529. The highest BCUT2D eigenvalue weighted by atomic mass is 16.2. The highest BCUT2D eigenvalue weighted by Gasteiger charge is 2.17. The lowest BCUT2D eigenvalue weighted by atomic mass is 10.0. The van der Waals surface area contributed by atoms with Gasteiger partial charge in [-0.2, -0.15) is 0 Å². The number of carbonyl (C=O) groups excluding carboxylic acids is 2. The highest BCUT2D eigenvalue weighted by molar-refractivity contribution is 5.92. The van der Waals surface area contributed by atoms with Gasteiger partial charge in [-0.1, -0.05) is 24.6 Å². The van der Waals surface area contributed by atoms with E-state index in [9.17, 15) is 9.59 Å². The zero-order chi connectivity index (χ0) is 16.9. The van der Waals surface area contributed by atoms with Crippen molar-refractivity contribution in [1.29, 1.82) is 0 Å². The molecule has 0 spiro atoms. The molecule has 1 unspecified atom stereocenters. The second kappa shape index (κ2) is 7.97. The summed E-state index contributed by atoms with van der Waals surface area (Å²) in [6, 6.07) is 4.28. The predicted octanol–water partition coefficient (Wildman–Crippen LogP) is 3.59. The second-order valence-corrected chi connectivity index (χ2v) is 6.04. The van der Waals surface area contributed by atoms with Crippen LogP contribution in [-0.2, 0) is 9.59 Å². The SMILES string of the molecule is CCC(C)N(CCC(=O)Nc1c(C)cc(C)cc1C)C(C)=O. The number of benzene rings is 1. The Morgan fingerprint density at radius 1 is 1.18 bits per heavy atom. The van der Waals surface area contributed by atoms with E-state index in [1.165, 1.54) is 5.56 Å². The first-order valence-electron chi connectivity index (χ1n) is 7.91. The van der Waals surface area contributed by atoms with E-state index in [-0.39, 0.29) is 17.9 Å². The monoisotopic (exact) mass is 304 g/mol. The van der Waals surface area contributed by atoms with Crippen molar-refractivity contribution < 1.29 is 9.59 Å². The summed E-state index contributed by atoms with van der Waals surface area (Å²) in [7, 11) is 0. The Morgan fingerprint density at radius 2 is 1.73 bits per heavy atom. The maximum Gasteiger partial charge on any atom is 0.226 e. The third-order valence-corrected chi connectivity index (χ3v) is 4.05. The van der Waals surface area contributed by atoms with Gasteiger partial charge in [-0.05, 0) is 45.2 Å². The summed E-state index contributed by atoms with van der Waals surface area (Å²) in [5, 5.41) is 2.98. The molecule has 1 rings (SSSR count). The minimum atomic E-state index is -0.0513. The number of aryl methyl sites for hydroxylation is 3. The van der Waals surface area contributed by atoms with Crippen LogP contribution in [-0.4, -0.2) is 29.3 Å². The zero-order valence-corrected chi connectivity index (χ0v) is 14.6. The number of anilines is 1. The van der Waals surface area contributed by atoms with Gasteiger partial charge in [0, 0.05) is 31.6 Å². The van der Waals surface area contributed by atoms with E-state index in [0.29, 0.717) is 13.0 Å². The smallest absolute Gasteiger partial charge is 0.226 e. The fourth-order valence-corrected chi connectivity index (χ4v) is 2.71. The van der Waals surface area contributed by atoms with Gasteiger partial charge in [0.15, 0.2) is 0 Å². The van der Waals surface area contributed by atoms with E-state index >= 15 is 0 Å². The van der Waals surface area contributed by atoms with Gasteiger partial charge in [-0.25, -0.2) is 0 Å². The molecule has 4 nitrogen and oxygen atoms in total. The molecule has 22 heavy (non-hydrogen) atoms. The van der Waals surface area contributed by atoms with Crippen molar-refractivity contribution in [2.75, 3.05) is 11.9 Å². The van der Waals surface area contributed by atoms with E-state index in [4.69, 9.17) is 0 Å². The Morgan fingerprint density at radius 3 is 2.18 bits per heavy atom. The lowest BCUT2D eigenvalue weighted by Gasteiger charge is -2.27. The summed E-state index contributed by atoms with van der Waals surface area (Å²) in [6.07, 6.45) is 1.20. The fraction of sp³-hybridized carbons (Fsp3) is 0.556. The molecular weight excluding hydrogens is 276 g/mol. The Hall–Kier alpha value is -1.84. The Labute approximate surface area is 133 Å². The maximum absolute atomic E-state index is 12.2. The molecule has 2 amide bonds. The van der Waals surface area contributed by atoms with Crippen molar-refractivity contribution >= 4 is 17.5 Å². The van der Waals surface area contributed by atoms with Crippen LogP contribution in [0.15, 0.2) is 12.1 Å². The summed E-state index contributed by atoms with van der Waals surface area (Å²) in [6.45, 7) is 12.1. The van der Waals surface area contributed by atoms with Gasteiger partial charge in [0.1, 0.15) is 0 Å². The average molecular weight is 304 g/mol. The minimum absolute atomic E-state index is 0.0184. The van der Waals surface area contributed by atoms with Crippen molar-refractivity contribution in [3.05, 3.63) is 28.8 Å². The standard InChI is InChI=1S/C18H28N2O2/c1-7-15(5)20(16(6)21)9-8-17(22)19-18-13(3)10-12(2)11-14(18)4/h10-11,15H,7-9H2,1-6H3,(H,19,22). The molecule has 0 aromatic heterocycles. The normalized spacial score (nSPS) is 11.9. The lowest BCUT2D eigenvalue weighted by Crippen LogP contribution is -2.38. The molecule has 0 saturated carbocycles. The molecule has 0 fully saturated rings. The molecule has 1 N–H and O–H groups in total. The molecule has 0 aliphatic heterocycles. The molecule has 0 radical (unpaired) electrons. The van der Waals surface area contributed by atoms with Crippen molar-refractivity contribution in [3.63, 3.8) is 0 Å².